The van der Waals surface area contributed by atoms with Crippen LogP contribution in [0.1, 0.15) is 37.9 Å². The maximum Gasteiger partial charge on any atom is 0.180 e. The molecular formula is C18H19ClN4O2S. The Morgan fingerprint density at radius 1 is 1.42 bits per heavy atom. The number of aromatic nitrogens is 3. The van der Waals surface area contributed by atoms with Gasteiger partial charge in [-0.1, -0.05) is 18.5 Å². The maximum absolute atomic E-state index is 12.7. The normalized spacial score (nSPS) is 16.3. The van der Waals surface area contributed by atoms with E-state index in [1.807, 2.05) is 0 Å². The Hall–Kier alpha value is -2.17. The number of nitriles is 1. The van der Waals surface area contributed by atoms with Crippen molar-refractivity contribution < 1.29 is 8.42 Å². The zero-order valence-corrected chi connectivity index (χ0v) is 16.4. The van der Waals surface area contributed by atoms with Crippen LogP contribution in [0.5, 0.6) is 0 Å². The number of pyridine rings is 1. The van der Waals surface area contributed by atoms with Gasteiger partial charge in [0.1, 0.15) is 5.69 Å². The fourth-order valence-electron chi connectivity index (χ4n) is 2.84. The summed E-state index contributed by atoms with van der Waals surface area (Å²) in [5.74, 6) is 0.386. The number of imidazole rings is 1. The summed E-state index contributed by atoms with van der Waals surface area (Å²) in [6.07, 6.45) is 6.41. The van der Waals surface area contributed by atoms with Gasteiger partial charge in [0.05, 0.1) is 34.0 Å². The monoisotopic (exact) mass is 390 g/mol. The number of halogens is 1. The van der Waals surface area contributed by atoms with Gasteiger partial charge in [-0.25, -0.2) is 13.4 Å². The predicted octanol–water partition coefficient (Wildman–Crippen LogP) is 3.43. The van der Waals surface area contributed by atoms with Crippen LogP contribution >= 0.6 is 11.6 Å². The van der Waals surface area contributed by atoms with Gasteiger partial charge in [-0.05, 0) is 37.5 Å². The molecule has 0 atom stereocenters. The van der Waals surface area contributed by atoms with Crippen LogP contribution in [0.2, 0.25) is 0 Å². The molecule has 0 aromatic carbocycles. The topological polar surface area (TPSA) is 88.6 Å². The molecule has 1 saturated carbocycles. The first-order valence-corrected chi connectivity index (χ1v) is 10.3. The molecule has 2 heterocycles. The van der Waals surface area contributed by atoms with Gasteiger partial charge in [0.15, 0.2) is 15.7 Å². The molecule has 0 saturated heterocycles. The standard InChI is InChI=1S/C18H19ClN4O2S/c1-4-26(24,25)15-8-13(18(11-20)5-6-18)9-21-16(15)17-22-10-14(23(17)3)7-12(2)19/h7-10H,4-6H2,1-3H3. The molecule has 8 heteroatoms. The highest BCUT2D eigenvalue weighted by Crippen LogP contribution is 2.48. The number of rotatable bonds is 5. The minimum atomic E-state index is -3.54. The SMILES string of the molecule is CCS(=O)(=O)c1cc(C2(C#N)CC2)cnc1-c1ncc(C=C(C)Cl)n1C. The van der Waals surface area contributed by atoms with Crippen LogP contribution in [0.25, 0.3) is 17.6 Å². The summed E-state index contributed by atoms with van der Waals surface area (Å²) in [5, 5.41) is 10.0. The third kappa shape index (κ3) is 3.15. The van der Waals surface area contributed by atoms with Crippen LogP contribution in [0.3, 0.4) is 0 Å². The quantitative estimate of drug-likeness (QED) is 0.780. The molecule has 6 nitrogen and oxygen atoms in total. The Morgan fingerprint density at radius 3 is 2.65 bits per heavy atom. The number of nitrogens with zero attached hydrogens (tertiary/aromatic N) is 4. The minimum Gasteiger partial charge on any atom is -0.326 e. The number of sulfone groups is 1. The summed E-state index contributed by atoms with van der Waals surface area (Å²) in [6.45, 7) is 3.34. The van der Waals surface area contributed by atoms with E-state index in [4.69, 9.17) is 11.6 Å². The van der Waals surface area contributed by atoms with Gasteiger partial charge in [-0.3, -0.25) is 4.98 Å². The summed E-state index contributed by atoms with van der Waals surface area (Å²) < 4.78 is 27.1. The summed E-state index contributed by atoms with van der Waals surface area (Å²) in [4.78, 5) is 8.86. The van der Waals surface area contributed by atoms with E-state index >= 15 is 0 Å². The third-order valence-corrected chi connectivity index (χ3v) is 6.52. The van der Waals surface area contributed by atoms with Gasteiger partial charge < -0.3 is 4.57 Å². The van der Waals surface area contributed by atoms with E-state index < -0.39 is 15.3 Å². The van der Waals surface area contributed by atoms with E-state index in [2.05, 4.69) is 16.0 Å². The van der Waals surface area contributed by atoms with Crippen molar-refractivity contribution in [3.05, 3.63) is 34.7 Å². The summed E-state index contributed by atoms with van der Waals surface area (Å²) in [7, 11) is -1.76. The highest BCUT2D eigenvalue weighted by molar-refractivity contribution is 7.91. The van der Waals surface area contributed by atoms with Crippen LogP contribution in [0.15, 0.2) is 28.4 Å². The molecule has 2 aromatic rings. The number of hydrogen-bond donors (Lipinski definition) is 0. The molecule has 0 unspecified atom stereocenters. The Balaban J connectivity index is 2.21. The lowest BCUT2D eigenvalue weighted by molar-refractivity contribution is 0.596. The van der Waals surface area contributed by atoms with Crippen LogP contribution < -0.4 is 0 Å². The van der Waals surface area contributed by atoms with Crippen molar-refractivity contribution in [2.75, 3.05) is 5.75 Å². The first-order chi connectivity index (χ1) is 12.2. The molecule has 0 spiro atoms. The summed E-state index contributed by atoms with van der Waals surface area (Å²) >= 11 is 5.94. The van der Waals surface area contributed by atoms with Crippen LogP contribution in [-0.2, 0) is 22.3 Å². The maximum atomic E-state index is 12.7. The van der Waals surface area contributed by atoms with Gasteiger partial charge >= 0.3 is 0 Å². The molecule has 0 amide bonds. The molecule has 26 heavy (non-hydrogen) atoms. The lowest BCUT2D eigenvalue weighted by Gasteiger charge is -2.13. The summed E-state index contributed by atoms with van der Waals surface area (Å²) in [6, 6.07) is 3.88. The first kappa shape index (κ1) is 18.6. The molecule has 0 bridgehead atoms. The van der Waals surface area contributed by atoms with Crippen LogP contribution in [0.4, 0.5) is 0 Å². The number of allylic oxidation sites excluding steroid dienone is 1. The van der Waals surface area contributed by atoms with Crippen molar-refractivity contribution in [1.82, 2.24) is 14.5 Å². The third-order valence-electron chi connectivity index (χ3n) is 4.67. The lowest BCUT2D eigenvalue weighted by atomic mass is 9.99. The van der Waals surface area contributed by atoms with Crippen molar-refractivity contribution >= 4 is 27.5 Å². The van der Waals surface area contributed by atoms with E-state index in [1.54, 1.807) is 50.0 Å². The molecule has 3 rings (SSSR count). The van der Waals surface area contributed by atoms with Crippen molar-refractivity contribution in [2.45, 2.75) is 37.0 Å². The van der Waals surface area contributed by atoms with Crippen LogP contribution in [-0.4, -0.2) is 28.7 Å². The van der Waals surface area contributed by atoms with Crippen molar-refractivity contribution in [1.29, 1.82) is 5.26 Å². The van der Waals surface area contributed by atoms with Gasteiger partial charge in [0, 0.05) is 18.3 Å². The highest BCUT2D eigenvalue weighted by atomic mass is 35.5. The Kier molecular flexibility index (Phi) is 4.67. The number of hydrogen-bond acceptors (Lipinski definition) is 5. The van der Waals surface area contributed by atoms with E-state index in [0.717, 1.165) is 18.5 Å². The van der Waals surface area contributed by atoms with Gasteiger partial charge in [0.2, 0.25) is 0 Å². The van der Waals surface area contributed by atoms with Crippen molar-refractivity contribution in [2.24, 2.45) is 7.05 Å². The van der Waals surface area contributed by atoms with Crippen LogP contribution in [0, 0.1) is 11.3 Å². The summed E-state index contributed by atoms with van der Waals surface area (Å²) in [5.41, 5.74) is 1.09. The molecule has 0 radical (unpaired) electrons. The molecule has 2 aromatic heterocycles. The smallest absolute Gasteiger partial charge is 0.180 e. The Morgan fingerprint density at radius 2 is 2.12 bits per heavy atom. The second-order valence-electron chi connectivity index (χ2n) is 6.46. The zero-order chi connectivity index (χ0) is 19.1. The van der Waals surface area contributed by atoms with Crippen molar-refractivity contribution in [3.63, 3.8) is 0 Å². The molecule has 0 aliphatic heterocycles. The first-order valence-electron chi connectivity index (χ1n) is 8.24. The largest absolute Gasteiger partial charge is 0.326 e. The van der Waals surface area contributed by atoms with E-state index in [-0.39, 0.29) is 10.6 Å². The molecule has 136 valence electrons. The molecule has 0 N–H and O–H groups in total. The Bertz CT molecular complexity index is 1040. The van der Waals surface area contributed by atoms with Gasteiger partial charge in [-0.15, -0.1) is 0 Å². The molecule has 1 fully saturated rings. The van der Waals surface area contributed by atoms with Crippen molar-refractivity contribution in [3.8, 4) is 17.6 Å². The minimum absolute atomic E-state index is 0.0529. The second-order valence-corrected chi connectivity index (χ2v) is 9.31. The zero-order valence-electron chi connectivity index (χ0n) is 14.8. The predicted molar refractivity (Wildman–Crippen MR) is 100 cm³/mol. The fourth-order valence-corrected chi connectivity index (χ4v) is 4.01. The van der Waals surface area contributed by atoms with Gasteiger partial charge in [-0.2, -0.15) is 5.26 Å². The molecule has 1 aliphatic carbocycles. The fraction of sp³-hybridized carbons (Fsp3) is 0.389. The highest BCUT2D eigenvalue weighted by Gasteiger charge is 2.46. The van der Waals surface area contributed by atoms with E-state index in [9.17, 15) is 13.7 Å². The average molecular weight is 391 g/mol. The Labute approximate surface area is 158 Å². The lowest BCUT2D eigenvalue weighted by Crippen LogP contribution is -2.12. The second kappa shape index (κ2) is 6.53. The van der Waals surface area contributed by atoms with E-state index in [0.29, 0.717) is 22.1 Å². The molecular weight excluding hydrogens is 372 g/mol. The average Bonchev–Trinajstić information content (AvgIpc) is 3.34. The molecule has 1 aliphatic rings. The van der Waals surface area contributed by atoms with Gasteiger partial charge in [0.25, 0.3) is 0 Å². The van der Waals surface area contributed by atoms with E-state index in [1.165, 1.54) is 0 Å².